The van der Waals surface area contributed by atoms with Gasteiger partial charge in [0.2, 0.25) is 5.91 Å². The van der Waals surface area contributed by atoms with E-state index in [1.165, 1.54) is 18.4 Å². The Balaban J connectivity index is 1.63. The average molecular weight is 444 g/mol. The molecule has 2 N–H and O–H groups in total. The molecule has 5 nitrogen and oxygen atoms in total. The van der Waals surface area contributed by atoms with Crippen LogP contribution in [0.1, 0.15) is 83.1 Å². The Morgan fingerprint density at radius 2 is 1.81 bits per heavy atom. The number of carbonyl (C=O) groups is 2. The van der Waals surface area contributed by atoms with E-state index >= 15 is 0 Å². The fourth-order valence-corrected chi connectivity index (χ4v) is 4.38. The van der Waals surface area contributed by atoms with Crippen LogP contribution < -0.4 is 0 Å². The number of carboxylic acid groups (broad SMARTS) is 1. The second-order valence-corrected chi connectivity index (χ2v) is 9.19. The minimum absolute atomic E-state index is 0.0780. The number of aliphatic hydroxyl groups is 1. The van der Waals surface area contributed by atoms with Gasteiger partial charge in [0.25, 0.3) is 0 Å². The van der Waals surface area contributed by atoms with Crippen LogP contribution >= 0.6 is 0 Å². The van der Waals surface area contributed by atoms with E-state index in [1.54, 1.807) is 0 Å². The zero-order valence-corrected chi connectivity index (χ0v) is 19.6. The third kappa shape index (κ3) is 9.99. The fraction of sp³-hybridized carbons (Fsp3) is 0.630. The summed E-state index contributed by atoms with van der Waals surface area (Å²) in [6.07, 6.45) is 14.1. The molecule has 1 saturated heterocycles. The van der Waals surface area contributed by atoms with Gasteiger partial charge in [-0.25, -0.2) is 0 Å². The second kappa shape index (κ2) is 14.8. The molecule has 0 aromatic heterocycles. The molecule has 0 saturated carbocycles. The Hall–Kier alpha value is -2.14. The van der Waals surface area contributed by atoms with Gasteiger partial charge in [-0.15, -0.1) is 0 Å². The summed E-state index contributed by atoms with van der Waals surface area (Å²) in [5, 5.41) is 19.2. The van der Waals surface area contributed by atoms with Crippen LogP contribution in [0.3, 0.4) is 0 Å². The van der Waals surface area contributed by atoms with Crippen LogP contribution in [0.25, 0.3) is 0 Å². The molecular formula is C27H41NO4. The number of aliphatic hydroxyl groups excluding tert-OH is 1. The molecule has 1 aliphatic heterocycles. The van der Waals surface area contributed by atoms with Gasteiger partial charge in [-0.05, 0) is 50.0 Å². The number of hydrogen-bond acceptors (Lipinski definition) is 3. The summed E-state index contributed by atoms with van der Waals surface area (Å²) >= 11 is 0. The molecule has 3 atom stereocenters. The maximum absolute atomic E-state index is 12.2. The quantitative estimate of drug-likeness (QED) is 0.266. The second-order valence-electron chi connectivity index (χ2n) is 9.19. The number of amides is 1. The molecule has 0 aliphatic carbocycles. The number of carbonyl (C=O) groups excluding carboxylic acids is 1. The van der Waals surface area contributed by atoms with Crippen molar-refractivity contribution in [1.29, 1.82) is 0 Å². The molecule has 1 heterocycles. The predicted octanol–water partition coefficient (Wildman–Crippen LogP) is 5.37. The fourth-order valence-electron chi connectivity index (χ4n) is 4.38. The highest BCUT2D eigenvalue weighted by Gasteiger charge is 2.28. The lowest BCUT2D eigenvalue weighted by Crippen LogP contribution is -2.33. The van der Waals surface area contributed by atoms with Crippen LogP contribution in [0, 0.1) is 5.92 Å². The van der Waals surface area contributed by atoms with Crippen molar-refractivity contribution in [3.8, 4) is 0 Å². The molecule has 0 unspecified atom stereocenters. The molecule has 1 aromatic carbocycles. The smallest absolute Gasteiger partial charge is 0.303 e. The normalized spacial score (nSPS) is 18.4. The molecule has 0 radical (unpaired) electrons. The largest absolute Gasteiger partial charge is 0.481 e. The molecule has 1 aliphatic rings. The predicted molar refractivity (Wildman–Crippen MR) is 128 cm³/mol. The maximum atomic E-state index is 12.2. The van der Waals surface area contributed by atoms with Crippen LogP contribution in [-0.4, -0.2) is 45.7 Å². The van der Waals surface area contributed by atoms with Crippen molar-refractivity contribution in [2.24, 2.45) is 5.92 Å². The van der Waals surface area contributed by atoms with Crippen LogP contribution in [0.2, 0.25) is 0 Å². The third-order valence-electron chi connectivity index (χ3n) is 6.50. The van der Waals surface area contributed by atoms with E-state index in [1.807, 2.05) is 23.1 Å². The zero-order chi connectivity index (χ0) is 23.2. The van der Waals surface area contributed by atoms with Gasteiger partial charge in [-0.3, -0.25) is 9.59 Å². The van der Waals surface area contributed by atoms with Crippen LogP contribution in [0.5, 0.6) is 0 Å². The van der Waals surface area contributed by atoms with Crippen molar-refractivity contribution in [2.75, 3.05) is 6.54 Å². The molecule has 178 valence electrons. The van der Waals surface area contributed by atoms with E-state index < -0.39 is 12.1 Å². The standard InChI is InChI=1S/C27H41NO4/c1-22(12-6-4-7-13-23-14-8-5-9-15-23)25(29)19-17-24-18-20-26(30)28(24)21-11-3-2-10-16-27(31)32/h5,8-9,14-15,17,19,22,24-25,29H,2-4,6-7,10-13,16,18,20-21H2,1H3,(H,31,32)/t22-,24-,25-/m0/s1. The highest BCUT2D eigenvalue weighted by molar-refractivity contribution is 5.79. The van der Waals surface area contributed by atoms with Crippen molar-refractivity contribution < 1.29 is 19.8 Å². The number of benzene rings is 1. The summed E-state index contributed by atoms with van der Waals surface area (Å²) in [6, 6.07) is 10.6. The first-order valence-corrected chi connectivity index (χ1v) is 12.4. The van der Waals surface area contributed by atoms with E-state index in [9.17, 15) is 14.7 Å². The van der Waals surface area contributed by atoms with Crippen molar-refractivity contribution >= 4 is 11.9 Å². The molecule has 2 rings (SSSR count). The highest BCUT2D eigenvalue weighted by atomic mass is 16.4. The van der Waals surface area contributed by atoms with Crippen LogP contribution in [-0.2, 0) is 16.0 Å². The number of hydrogen-bond donors (Lipinski definition) is 2. The number of aryl methyl sites for hydroxylation is 1. The van der Waals surface area contributed by atoms with Gasteiger partial charge in [0, 0.05) is 19.4 Å². The third-order valence-corrected chi connectivity index (χ3v) is 6.50. The molecule has 0 spiro atoms. The number of likely N-dealkylation sites (tertiary alicyclic amines) is 1. The Morgan fingerprint density at radius 1 is 1.09 bits per heavy atom. The van der Waals surface area contributed by atoms with Crippen LogP contribution in [0.15, 0.2) is 42.5 Å². The van der Waals surface area contributed by atoms with Crippen molar-refractivity contribution in [3.05, 3.63) is 48.0 Å². The summed E-state index contributed by atoms with van der Waals surface area (Å²) in [6.45, 7) is 2.81. The summed E-state index contributed by atoms with van der Waals surface area (Å²) in [5.41, 5.74) is 1.39. The lowest BCUT2D eigenvalue weighted by molar-refractivity contribution is -0.137. The lowest BCUT2D eigenvalue weighted by Gasteiger charge is -2.23. The van der Waals surface area contributed by atoms with Gasteiger partial charge >= 0.3 is 5.97 Å². The number of nitrogens with zero attached hydrogens (tertiary/aromatic N) is 1. The average Bonchev–Trinajstić information content (AvgIpc) is 3.13. The van der Waals surface area contributed by atoms with Gasteiger partial charge in [0.05, 0.1) is 12.1 Å². The minimum Gasteiger partial charge on any atom is -0.481 e. The molecule has 1 fully saturated rings. The number of rotatable bonds is 16. The van der Waals surface area contributed by atoms with E-state index in [2.05, 4.69) is 31.2 Å². The van der Waals surface area contributed by atoms with Gasteiger partial charge in [-0.1, -0.05) is 75.1 Å². The minimum atomic E-state index is -0.745. The van der Waals surface area contributed by atoms with E-state index in [4.69, 9.17) is 5.11 Å². The Morgan fingerprint density at radius 3 is 2.56 bits per heavy atom. The summed E-state index contributed by atoms with van der Waals surface area (Å²) in [7, 11) is 0. The van der Waals surface area contributed by atoms with Gasteiger partial charge in [0.15, 0.2) is 0 Å². The first-order chi connectivity index (χ1) is 15.5. The summed E-state index contributed by atoms with van der Waals surface area (Å²) in [5.74, 6) is -0.348. The maximum Gasteiger partial charge on any atom is 0.303 e. The zero-order valence-electron chi connectivity index (χ0n) is 19.6. The first kappa shape index (κ1) is 26.1. The van der Waals surface area contributed by atoms with Gasteiger partial charge in [0.1, 0.15) is 0 Å². The van der Waals surface area contributed by atoms with Crippen molar-refractivity contribution in [3.63, 3.8) is 0 Å². The number of carboxylic acids is 1. The van der Waals surface area contributed by atoms with Gasteiger partial charge < -0.3 is 15.1 Å². The summed E-state index contributed by atoms with van der Waals surface area (Å²) < 4.78 is 0. The van der Waals surface area contributed by atoms with Crippen molar-refractivity contribution in [1.82, 2.24) is 4.90 Å². The van der Waals surface area contributed by atoms with Crippen molar-refractivity contribution in [2.45, 2.75) is 96.1 Å². The number of unbranched alkanes of at least 4 members (excludes halogenated alkanes) is 5. The van der Waals surface area contributed by atoms with E-state index in [0.717, 1.165) is 44.9 Å². The molecule has 1 aromatic rings. The summed E-state index contributed by atoms with van der Waals surface area (Å²) in [4.78, 5) is 24.7. The molecule has 32 heavy (non-hydrogen) atoms. The number of aliphatic carboxylic acids is 1. The molecule has 5 heteroatoms. The Kier molecular flexibility index (Phi) is 12.1. The molecule has 0 bridgehead atoms. The topological polar surface area (TPSA) is 77.8 Å². The van der Waals surface area contributed by atoms with E-state index in [0.29, 0.717) is 19.4 Å². The monoisotopic (exact) mass is 443 g/mol. The highest BCUT2D eigenvalue weighted by Crippen LogP contribution is 2.22. The van der Waals surface area contributed by atoms with E-state index in [-0.39, 0.29) is 24.3 Å². The first-order valence-electron chi connectivity index (χ1n) is 12.4. The van der Waals surface area contributed by atoms with Gasteiger partial charge in [-0.2, -0.15) is 0 Å². The SMILES string of the molecule is C[C@@H](CCCCCc1ccccc1)[C@@H](O)C=C[C@H]1CCC(=O)N1CCCCCCC(=O)O. The van der Waals surface area contributed by atoms with Crippen LogP contribution in [0.4, 0.5) is 0 Å². The molecular weight excluding hydrogens is 402 g/mol. The molecule has 1 amide bonds. The Bertz CT molecular complexity index is 703. The Labute approximate surface area is 193 Å². The lowest BCUT2D eigenvalue weighted by atomic mass is 9.95.